The molecule has 2 nitrogen and oxygen atoms in total. The van der Waals surface area contributed by atoms with E-state index in [0.717, 1.165) is 30.5 Å². The van der Waals surface area contributed by atoms with Crippen molar-refractivity contribution >= 4 is 6.29 Å². The number of aliphatic hydroxyl groups is 1. The van der Waals surface area contributed by atoms with Crippen molar-refractivity contribution in [2.45, 2.75) is 36.7 Å². The van der Waals surface area contributed by atoms with Crippen LogP contribution in [0, 0.1) is 0 Å². The van der Waals surface area contributed by atoms with Gasteiger partial charge in [0.15, 0.2) is 0 Å². The molecular formula is C19H14F6O2. The lowest BCUT2D eigenvalue weighted by atomic mass is 9.89. The summed E-state index contributed by atoms with van der Waals surface area (Å²) in [5.41, 5.74) is -3.93. The number of benzene rings is 2. The molecule has 0 radical (unpaired) electrons. The van der Waals surface area contributed by atoms with Crippen LogP contribution in [0.2, 0.25) is 0 Å². The first-order valence-corrected chi connectivity index (χ1v) is 8.05. The van der Waals surface area contributed by atoms with Crippen molar-refractivity contribution in [1.82, 2.24) is 0 Å². The van der Waals surface area contributed by atoms with Crippen LogP contribution in [0.4, 0.5) is 26.3 Å². The minimum atomic E-state index is -5.92. The average molecular weight is 388 g/mol. The molecule has 3 rings (SSSR count). The molecule has 1 saturated carbocycles. The van der Waals surface area contributed by atoms with Gasteiger partial charge in [0, 0.05) is 11.1 Å². The van der Waals surface area contributed by atoms with Gasteiger partial charge in [0.05, 0.1) is 0 Å². The monoisotopic (exact) mass is 388 g/mol. The standard InChI is InChI=1S/C19H14F6O2/c20-18(21,22)17(27,19(23,24)25)14-6-4-12(5-7-14)15-8-1-11(10-26)9-16(15)13-2-3-13/h1,4-10,13,27H,2-3H2. The predicted molar refractivity (Wildman–Crippen MR) is 85.2 cm³/mol. The molecule has 27 heavy (non-hydrogen) atoms. The normalized spacial score (nSPS) is 15.7. The summed E-state index contributed by atoms with van der Waals surface area (Å²) in [5.74, 6) is 0.210. The zero-order valence-electron chi connectivity index (χ0n) is 13.7. The summed E-state index contributed by atoms with van der Waals surface area (Å²) in [6.07, 6.45) is -9.37. The van der Waals surface area contributed by atoms with Gasteiger partial charge in [-0.3, -0.25) is 4.79 Å². The first-order valence-electron chi connectivity index (χ1n) is 8.05. The Morgan fingerprint density at radius 3 is 1.89 bits per heavy atom. The highest BCUT2D eigenvalue weighted by Gasteiger charge is 2.71. The van der Waals surface area contributed by atoms with Gasteiger partial charge < -0.3 is 5.11 Å². The Morgan fingerprint density at radius 1 is 0.889 bits per heavy atom. The van der Waals surface area contributed by atoms with Crippen LogP contribution in [-0.2, 0) is 5.60 Å². The summed E-state index contributed by atoms with van der Waals surface area (Å²) < 4.78 is 77.8. The van der Waals surface area contributed by atoms with Gasteiger partial charge in [0.1, 0.15) is 6.29 Å². The van der Waals surface area contributed by atoms with Crippen LogP contribution in [0.5, 0.6) is 0 Å². The number of halogens is 6. The van der Waals surface area contributed by atoms with E-state index in [0.29, 0.717) is 35.1 Å². The van der Waals surface area contributed by atoms with Gasteiger partial charge in [-0.2, -0.15) is 26.3 Å². The smallest absolute Gasteiger partial charge is 0.369 e. The van der Waals surface area contributed by atoms with Gasteiger partial charge in [0.2, 0.25) is 0 Å². The number of hydrogen-bond acceptors (Lipinski definition) is 2. The molecule has 144 valence electrons. The topological polar surface area (TPSA) is 37.3 Å². The van der Waals surface area contributed by atoms with E-state index < -0.39 is 23.5 Å². The van der Waals surface area contributed by atoms with E-state index in [-0.39, 0.29) is 5.92 Å². The molecule has 0 heterocycles. The molecule has 1 aliphatic rings. The summed E-state index contributed by atoms with van der Waals surface area (Å²) >= 11 is 0. The fourth-order valence-corrected chi connectivity index (χ4v) is 3.03. The van der Waals surface area contributed by atoms with E-state index >= 15 is 0 Å². The van der Waals surface area contributed by atoms with Crippen LogP contribution < -0.4 is 0 Å². The number of alkyl halides is 6. The molecule has 0 atom stereocenters. The fraction of sp³-hybridized carbons (Fsp3) is 0.316. The molecule has 1 fully saturated rings. The van der Waals surface area contributed by atoms with Crippen molar-refractivity contribution in [3.05, 3.63) is 59.2 Å². The van der Waals surface area contributed by atoms with Gasteiger partial charge in [-0.1, -0.05) is 36.4 Å². The molecule has 0 bridgehead atoms. The summed E-state index contributed by atoms with van der Waals surface area (Å²) in [6.45, 7) is 0. The first kappa shape index (κ1) is 19.4. The van der Waals surface area contributed by atoms with E-state index in [2.05, 4.69) is 0 Å². The molecule has 1 aliphatic carbocycles. The van der Waals surface area contributed by atoms with Crippen LogP contribution in [0.1, 0.15) is 40.2 Å². The van der Waals surface area contributed by atoms with E-state index in [9.17, 15) is 36.2 Å². The van der Waals surface area contributed by atoms with Crippen LogP contribution >= 0.6 is 0 Å². The maximum Gasteiger partial charge on any atom is 0.430 e. The lowest BCUT2D eigenvalue weighted by Gasteiger charge is -2.32. The van der Waals surface area contributed by atoms with Crippen LogP contribution in [0.15, 0.2) is 42.5 Å². The van der Waals surface area contributed by atoms with Gasteiger partial charge in [-0.15, -0.1) is 0 Å². The van der Waals surface area contributed by atoms with Crippen LogP contribution in [-0.4, -0.2) is 23.7 Å². The predicted octanol–water partition coefficient (Wildman–Crippen LogP) is 5.36. The molecule has 0 amide bonds. The quantitative estimate of drug-likeness (QED) is 0.566. The highest BCUT2D eigenvalue weighted by molar-refractivity contribution is 5.79. The number of rotatable bonds is 4. The Kier molecular flexibility index (Phi) is 4.58. The van der Waals surface area contributed by atoms with Crippen molar-refractivity contribution in [3.63, 3.8) is 0 Å². The lowest BCUT2D eigenvalue weighted by Crippen LogP contribution is -2.53. The third-order valence-electron chi connectivity index (χ3n) is 4.66. The number of carbonyl (C=O) groups is 1. The van der Waals surface area contributed by atoms with Crippen molar-refractivity contribution in [2.24, 2.45) is 0 Å². The van der Waals surface area contributed by atoms with Crippen LogP contribution in [0.3, 0.4) is 0 Å². The second kappa shape index (κ2) is 6.37. The summed E-state index contributed by atoms with van der Waals surface area (Å²) in [6, 6.07) is 8.30. The SMILES string of the molecule is O=Cc1ccc(-c2ccc(C(O)(C(F)(F)F)C(F)(F)F)cc2)c(C2CC2)c1. The van der Waals surface area contributed by atoms with E-state index in [1.54, 1.807) is 12.1 Å². The van der Waals surface area contributed by atoms with Gasteiger partial charge in [-0.25, -0.2) is 0 Å². The molecule has 2 aromatic carbocycles. The molecule has 2 aromatic rings. The van der Waals surface area contributed by atoms with Gasteiger partial charge in [0.25, 0.3) is 5.60 Å². The second-order valence-corrected chi connectivity index (χ2v) is 6.52. The van der Waals surface area contributed by atoms with E-state index in [1.165, 1.54) is 6.07 Å². The highest BCUT2D eigenvalue weighted by Crippen LogP contribution is 2.50. The number of carbonyl (C=O) groups excluding carboxylic acids is 1. The van der Waals surface area contributed by atoms with Crippen molar-refractivity contribution in [1.29, 1.82) is 0 Å². The molecule has 8 heteroatoms. The van der Waals surface area contributed by atoms with Crippen LogP contribution in [0.25, 0.3) is 11.1 Å². The summed E-state index contributed by atoms with van der Waals surface area (Å²) in [4.78, 5) is 11.0. The Bertz CT molecular complexity index is 834. The molecular weight excluding hydrogens is 374 g/mol. The first-order chi connectivity index (χ1) is 12.5. The number of hydrogen-bond donors (Lipinski definition) is 1. The van der Waals surface area contributed by atoms with Crippen molar-refractivity contribution < 1.29 is 36.2 Å². The Labute approximate surface area is 150 Å². The maximum absolute atomic E-state index is 13.0. The van der Waals surface area contributed by atoms with E-state index in [1.807, 2.05) is 0 Å². The van der Waals surface area contributed by atoms with Crippen molar-refractivity contribution in [2.75, 3.05) is 0 Å². The molecule has 0 saturated heterocycles. The molecule has 0 spiro atoms. The lowest BCUT2D eigenvalue weighted by molar-refractivity contribution is -0.376. The van der Waals surface area contributed by atoms with Gasteiger partial charge in [-0.05, 0) is 41.5 Å². The molecule has 0 aromatic heterocycles. The number of aldehydes is 1. The fourth-order valence-electron chi connectivity index (χ4n) is 3.03. The largest absolute Gasteiger partial charge is 0.430 e. The summed E-state index contributed by atoms with van der Waals surface area (Å²) in [7, 11) is 0. The third kappa shape index (κ3) is 3.34. The zero-order chi connectivity index (χ0) is 20.0. The van der Waals surface area contributed by atoms with E-state index in [4.69, 9.17) is 0 Å². The third-order valence-corrected chi connectivity index (χ3v) is 4.66. The minimum absolute atomic E-state index is 0.210. The molecule has 0 unspecified atom stereocenters. The van der Waals surface area contributed by atoms with Gasteiger partial charge >= 0.3 is 12.4 Å². The van der Waals surface area contributed by atoms with Crippen molar-refractivity contribution in [3.8, 4) is 11.1 Å². The second-order valence-electron chi connectivity index (χ2n) is 6.52. The Morgan fingerprint density at radius 2 is 1.44 bits per heavy atom. The Hall–Kier alpha value is -2.35. The maximum atomic E-state index is 13.0. The molecule has 0 aliphatic heterocycles. The highest BCUT2D eigenvalue weighted by atomic mass is 19.4. The Balaban J connectivity index is 2.05. The average Bonchev–Trinajstić information content (AvgIpc) is 3.43. The minimum Gasteiger partial charge on any atom is -0.369 e. The zero-order valence-corrected chi connectivity index (χ0v) is 13.7. The summed E-state index contributed by atoms with van der Waals surface area (Å²) in [5, 5.41) is 9.45. The molecule has 1 N–H and O–H groups in total.